The molecule has 5 nitrogen and oxygen atoms in total. The van der Waals surface area contributed by atoms with E-state index in [1.165, 1.54) is 12.1 Å². The lowest BCUT2D eigenvalue weighted by atomic mass is 10.1. The Morgan fingerprint density at radius 2 is 1.90 bits per heavy atom. The number of rotatable bonds is 3. The summed E-state index contributed by atoms with van der Waals surface area (Å²) in [6.07, 6.45) is 1.97. The third-order valence-electron chi connectivity index (χ3n) is 3.53. The van der Waals surface area contributed by atoms with E-state index in [1.807, 2.05) is 0 Å². The van der Waals surface area contributed by atoms with Crippen molar-refractivity contribution in [2.45, 2.75) is 35.4 Å². The fourth-order valence-corrected chi connectivity index (χ4v) is 4.34. The smallest absolute Gasteiger partial charge is 0.183 e. The second-order valence-electron chi connectivity index (χ2n) is 4.82. The molecule has 7 heteroatoms. The molecule has 20 heavy (non-hydrogen) atoms. The van der Waals surface area contributed by atoms with E-state index in [9.17, 15) is 22.8 Å². The normalized spacial score (nSPS) is 25.1. The molecule has 1 N–H and O–H groups in total. The average molecular weight is 301 g/mol. The van der Waals surface area contributed by atoms with Gasteiger partial charge in [-0.05, 0) is 37.1 Å². The highest BCUT2D eigenvalue weighted by Crippen LogP contribution is 2.26. The number of hydroxylamine groups is 2. The molecule has 1 aromatic rings. The first-order chi connectivity index (χ1) is 9.46. The first kappa shape index (κ1) is 15.1. The van der Waals surface area contributed by atoms with Gasteiger partial charge >= 0.3 is 0 Å². The van der Waals surface area contributed by atoms with Crippen LogP contribution >= 0.6 is 0 Å². The van der Waals surface area contributed by atoms with E-state index in [0.29, 0.717) is 25.5 Å². The fraction of sp³-hybridized carbons (Fsp3) is 0.462. The van der Waals surface area contributed by atoms with Gasteiger partial charge in [0.2, 0.25) is 0 Å². The quantitative estimate of drug-likeness (QED) is 0.675. The summed E-state index contributed by atoms with van der Waals surface area (Å²) in [7, 11) is -3.80. The molecule has 2 atom stereocenters. The van der Waals surface area contributed by atoms with Crippen LogP contribution in [0.3, 0.4) is 0 Å². The number of benzene rings is 1. The molecule has 0 amide bonds. The summed E-state index contributed by atoms with van der Waals surface area (Å²) in [6, 6.07) is 3.40. The molecule has 0 radical (unpaired) electrons. The average Bonchev–Trinajstić information content (AvgIpc) is 2.61. The van der Waals surface area contributed by atoms with Gasteiger partial charge in [-0.15, -0.1) is 0 Å². The van der Waals surface area contributed by atoms with Crippen LogP contribution in [0.15, 0.2) is 29.2 Å². The minimum atomic E-state index is -3.80. The molecule has 0 saturated carbocycles. The number of aldehydes is 1. The summed E-state index contributed by atoms with van der Waals surface area (Å²) in [6.45, 7) is 0.263. The van der Waals surface area contributed by atoms with Crippen LogP contribution in [-0.4, -0.2) is 42.8 Å². The van der Waals surface area contributed by atoms with Crippen molar-refractivity contribution in [2.75, 3.05) is 6.54 Å². The zero-order valence-electron chi connectivity index (χ0n) is 10.8. The van der Waals surface area contributed by atoms with Gasteiger partial charge in [-0.2, -0.15) is 5.06 Å². The molecule has 1 aromatic carbocycles. The highest BCUT2D eigenvalue weighted by Gasteiger charge is 2.38. The Labute approximate surface area is 116 Å². The van der Waals surface area contributed by atoms with Crippen molar-refractivity contribution < 1.29 is 22.8 Å². The molecule has 0 aromatic heterocycles. The summed E-state index contributed by atoms with van der Waals surface area (Å²) in [4.78, 5) is 11.1. The number of carbonyl (C=O) groups excluding carboxylic acids is 1. The Balaban J connectivity index is 2.39. The number of hydrogen-bond donors (Lipinski definition) is 1. The van der Waals surface area contributed by atoms with Crippen molar-refractivity contribution in [3.8, 4) is 0 Å². The first-order valence-corrected chi connectivity index (χ1v) is 7.91. The third kappa shape index (κ3) is 2.89. The van der Waals surface area contributed by atoms with Crippen LogP contribution in [0.4, 0.5) is 4.39 Å². The van der Waals surface area contributed by atoms with Crippen LogP contribution in [0.25, 0.3) is 0 Å². The SMILES string of the molecule is O=CC1C(S(=O)(=O)c2ccc(F)cc2)CCCCN1O. The lowest BCUT2D eigenvalue weighted by Gasteiger charge is -2.25. The maximum Gasteiger partial charge on any atom is 0.183 e. The molecule has 2 rings (SSSR count). The van der Waals surface area contributed by atoms with Gasteiger partial charge in [-0.1, -0.05) is 6.42 Å². The number of halogens is 1. The first-order valence-electron chi connectivity index (χ1n) is 6.37. The number of carbonyl (C=O) groups is 1. The van der Waals surface area contributed by atoms with E-state index >= 15 is 0 Å². The lowest BCUT2D eigenvalue weighted by Crippen LogP contribution is -2.45. The van der Waals surface area contributed by atoms with Gasteiger partial charge in [0.25, 0.3) is 0 Å². The van der Waals surface area contributed by atoms with Crippen LogP contribution in [0.5, 0.6) is 0 Å². The van der Waals surface area contributed by atoms with Gasteiger partial charge < -0.3 is 10.0 Å². The van der Waals surface area contributed by atoms with Crippen molar-refractivity contribution in [2.24, 2.45) is 0 Å². The van der Waals surface area contributed by atoms with Crippen molar-refractivity contribution in [3.63, 3.8) is 0 Å². The highest BCUT2D eigenvalue weighted by molar-refractivity contribution is 7.92. The van der Waals surface area contributed by atoms with Crippen molar-refractivity contribution in [1.29, 1.82) is 0 Å². The van der Waals surface area contributed by atoms with E-state index in [-0.39, 0.29) is 11.4 Å². The molecule has 2 unspecified atom stereocenters. The monoisotopic (exact) mass is 301 g/mol. The summed E-state index contributed by atoms with van der Waals surface area (Å²) in [5.74, 6) is -0.527. The Hall–Kier alpha value is -1.31. The summed E-state index contributed by atoms with van der Waals surface area (Å²) < 4.78 is 38.0. The standard InChI is InChI=1S/C13H16FNO4S/c14-10-4-6-11(7-5-10)20(18,19)13-3-1-2-8-15(17)12(13)9-16/h4-7,9,12-13,17H,1-3,8H2. The van der Waals surface area contributed by atoms with E-state index in [0.717, 1.165) is 17.2 Å². The van der Waals surface area contributed by atoms with Crippen molar-refractivity contribution >= 4 is 16.1 Å². The van der Waals surface area contributed by atoms with Crippen molar-refractivity contribution in [3.05, 3.63) is 30.1 Å². The number of sulfone groups is 1. The van der Waals surface area contributed by atoms with Gasteiger partial charge in [0.15, 0.2) is 9.84 Å². The van der Waals surface area contributed by atoms with E-state index in [1.54, 1.807) is 0 Å². The van der Waals surface area contributed by atoms with E-state index < -0.39 is 26.9 Å². The topological polar surface area (TPSA) is 74.7 Å². The van der Waals surface area contributed by atoms with Gasteiger partial charge in [-0.3, -0.25) is 0 Å². The Morgan fingerprint density at radius 1 is 1.25 bits per heavy atom. The summed E-state index contributed by atoms with van der Waals surface area (Å²) in [5, 5.41) is 9.52. The van der Waals surface area contributed by atoms with Gasteiger partial charge in [0.1, 0.15) is 18.1 Å². The Kier molecular flexibility index (Phi) is 4.52. The van der Waals surface area contributed by atoms with Crippen molar-refractivity contribution in [1.82, 2.24) is 5.06 Å². The molecule has 110 valence electrons. The Bertz CT molecular complexity index is 573. The number of hydrogen-bond acceptors (Lipinski definition) is 5. The number of nitrogens with zero attached hydrogens (tertiary/aromatic N) is 1. The predicted molar refractivity (Wildman–Crippen MR) is 69.6 cm³/mol. The summed E-state index contributed by atoms with van der Waals surface area (Å²) in [5.41, 5.74) is 0. The van der Waals surface area contributed by atoms with Gasteiger partial charge in [0, 0.05) is 6.54 Å². The zero-order valence-corrected chi connectivity index (χ0v) is 11.6. The molecule has 0 bridgehead atoms. The largest absolute Gasteiger partial charge is 0.313 e. The molecule has 0 aliphatic carbocycles. The lowest BCUT2D eigenvalue weighted by molar-refractivity contribution is -0.141. The predicted octanol–water partition coefficient (Wildman–Crippen LogP) is 1.41. The van der Waals surface area contributed by atoms with Gasteiger partial charge in [-0.25, -0.2) is 12.8 Å². The Morgan fingerprint density at radius 3 is 2.50 bits per heavy atom. The second kappa shape index (κ2) is 5.99. The fourth-order valence-electron chi connectivity index (χ4n) is 2.43. The maximum atomic E-state index is 12.9. The molecular formula is C13H16FNO4S. The molecule has 1 saturated heterocycles. The van der Waals surface area contributed by atoms with Gasteiger partial charge in [0.05, 0.1) is 10.1 Å². The van der Waals surface area contributed by atoms with E-state index in [2.05, 4.69) is 0 Å². The molecule has 0 spiro atoms. The molecule has 1 heterocycles. The van der Waals surface area contributed by atoms with E-state index in [4.69, 9.17) is 0 Å². The second-order valence-corrected chi connectivity index (χ2v) is 6.99. The highest BCUT2D eigenvalue weighted by atomic mass is 32.2. The summed E-state index contributed by atoms with van der Waals surface area (Å²) >= 11 is 0. The molecular weight excluding hydrogens is 285 g/mol. The van der Waals surface area contributed by atoms with Crippen LogP contribution in [0, 0.1) is 5.82 Å². The molecule has 1 fully saturated rings. The third-order valence-corrected chi connectivity index (χ3v) is 5.77. The minimum Gasteiger partial charge on any atom is -0.313 e. The minimum absolute atomic E-state index is 0.0361. The van der Waals surface area contributed by atoms with Crippen LogP contribution in [0.2, 0.25) is 0 Å². The zero-order chi connectivity index (χ0) is 14.8. The van der Waals surface area contributed by atoms with Crippen LogP contribution in [-0.2, 0) is 14.6 Å². The molecule has 1 aliphatic heterocycles. The molecule has 1 aliphatic rings. The maximum absolute atomic E-state index is 12.9. The van der Waals surface area contributed by atoms with Crippen LogP contribution in [0.1, 0.15) is 19.3 Å². The van der Waals surface area contributed by atoms with Crippen LogP contribution < -0.4 is 0 Å².